The molecule has 2 aromatic carbocycles. The quantitative estimate of drug-likeness (QED) is 0.0499. The zero-order valence-electron chi connectivity index (χ0n) is 64.6. The first-order valence-corrected chi connectivity index (χ1v) is 87.6. The molecule has 0 aliphatic carbocycles. The van der Waals surface area contributed by atoms with Gasteiger partial charge in [-0.1, -0.05) is 315 Å². The van der Waals surface area contributed by atoms with Gasteiger partial charge in [0.1, 0.15) is 0 Å². The van der Waals surface area contributed by atoms with Gasteiger partial charge in [-0.05, 0) is 99.9 Å². The van der Waals surface area contributed by atoms with Crippen LogP contribution < -0.4 is 10.6 Å². The van der Waals surface area contributed by atoms with Crippen molar-refractivity contribution in [3.8, 4) is 0 Å². The predicted octanol–water partition coefficient (Wildman–Crippen LogP) is 23.2. The normalized spacial score (nSPS) is 15.1. The first-order valence-electron chi connectivity index (χ1n) is 32.2. The molecule has 0 fully saturated rings. The van der Waals surface area contributed by atoms with Gasteiger partial charge in [-0.2, -0.15) is 0 Å². The summed E-state index contributed by atoms with van der Waals surface area (Å²) in [6, 6.07) is 11.8. The first kappa shape index (κ1) is 88.8. The van der Waals surface area contributed by atoms with Crippen LogP contribution in [-0.2, 0) is 53.0 Å². The van der Waals surface area contributed by atoms with Crippen LogP contribution in [-0.4, -0.2) is 140 Å². The summed E-state index contributed by atoms with van der Waals surface area (Å²) in [6.07, 6.45) is 0. The second kappa shape index (κ2) is 29.0. The van der Waals surface area contributed by atoms with Crippen LogP contribution in [0, 0.1) is 0 Å². The molecule has 0 radical (unpaired) electrons. The molecule has 2 aromatic rings. The molecule has 0 heterocycles. The van der Waals surface area contributed by atoms with Gasteiger partial charge < -0.3 is 23.3 Å². The van der Waals surface area contributed by atoms with Gasteiger partial charge in [0.2, 0.25) is 0 Å². The van der Waals surface area contributed by atoms with E-state index in [9.17, 15) is 0 Å². The maximum atomic E-state index is 3.67. The molecule has 0 bridgehead atoms. The van der Waals surface area contributed by atoms with E-state index in [1.165, 1.54) is 0 Å². The number of hydrogen-bond acceptors (Lipinski definition) is 2. The molecule has 0 aliphatic rings. The van der Waals surface area contributed by atoms with Crippen LogP contribution in [0.1, 0.15) is 54.0 Å². The maximum Gasteiger partial charge on any atom is 2.00 e. The molecular formula is C64H146P2PtS2Si14. The van der Waals surface area contributed by atoms with Crippen LogP contribution in [0.2, 0.25) is 275 Å². The van der Waals surface area contributed by atoms with Crippen molar-refractivity contribution in [1.82, 2.24) is 0 Å². The standard InChI is InChI=1S/2C32H73PSi7.Pt.S2/c2*1-33(2)29-27(30(34(3,4)5)35(6,7)8)24-26(25-28(29)31(36(9,10)11)37(12,13)14)32(38(15,16)17,39(18,19)20)40(21,22)23;;1-2/h2*24-25,30-31H,1-23H3;;/q;;+2;-2. The van der Waals surface area contributed by atoms with Gasteiger partial charge in [0.25, 0.3) is 0 Å². The van der Waals surface area contributed by atoms with Gasteiger partial charge in [-0.25, -0.2) is 0 Å². The van der Waals surface area contributed by atoms with Crippen molar-refractivity contribution in [1.29, 1.82) is 0 Å². The Balaban J connectivity index is 0. The van der Waals surface area contributed by atoms with E-state index >= 15 is 0 Å². The Kier molecular flexibility index (Phi) is 31.0. The van der Waals surface area contributed by atoms with Crippen molar-refractivity contribution >= 4 is 163 Å². The Labute approximate surface area is 566 Å². The Hall–Kier alpha value is 3.72. The summed E-state index contributed by atoms with van der Waals surface area (Å²) in [4.78, 5) is 0. The maximum absolute atomic E-state index is 3.67. The Bertz CT molecular complexity index is 2010. The third-order valence-electron chi connectivity index (χ3n) is 19.0. The van der Waals surface area contributed by atoms with Crippen LogP contribution >= 0.6 is 15.8 Å². The fourth-order valence-corrected chi connectivity index (χ4v) is 137. The van der Waals surface area contributed by atoms with Gasteiger partial charge in [0.05, 0.1) is 0 Å². The average molecular weight is 1630 g/mol. The van der Waals surface area contributed by atoms with E-state index in [0.717, 1.165) is 20.7 Å². The second-order valence-corrected chi connectivity index (χ2v) is 125. The molecule has 0 atom stereocenters. The summed E-state index contributed by atoms with van der Waals surface area (Å²) < 4.78 is 0.845. The van der Waals surface area contributed by atoms with Crippen LogP contribution in [0.4, 0.5) is 0 Å². The Morgan fingerprint density at radius 2 is 0.361 bits per heavy atom. The van der Waals surface area contributed by atoms with E-state index < -0.39 is 113 Å². The van der Waals surface area contributed by atoms with Gasteiger partial charge in [-0.3, -0.25) is 0 Å². The fraction of sp³-hybridized carbons (Fsp3) is 0.812. The summed E-state index contributed by atoms with van der Waals surface area (Å²) in [7, 11) is -22.0. The molecule has 0 aromatic heterocycles. The van der Waals surface area contributed by atoms with Gasteiger partial charge in [0, 0.05) is 113 Å². The molecule has 490 valence electrons. The van der Waals surface area contributed by atoms with Crippen LogP contribution in [0.3, 0.4) is 0 Å². The minimum Gasteiger partial charge on any atom is -1.00 e. The van der Waals surface area contributed by atoms with E-state index in [-0.39, 0.29) is 36.9 Å². The summed E-state index contributed by atoms with van der Waals surface area (Å²) in [5.74, 6) is 0. The molecule has 0 unspecified atom stereocenters. The van der Waals surface area contributed by atoms with E-state index in [1.807, 2.05) is 44.0 Å². The monoisotopic (exact) mass is 1630 g/mol. The van der Waals surface area contributed by atoms with Crippen LogP contribution in [0.5, 0.6) is 0 Å². The van der Waals surface area contributed by atoms with Gasteiger partial charge in [-0.15, -0.1) is 0 Å². The molecule has 83 heavy (non-hydrogen) atoms. The van der Waals surface area contributed by atoms with E-state index in [1.54, 1.807) is 0 Å². The van der Waals surface area contributed by atoms with Crippen molar-refractivity contribution < 1.29 is 21.1 Å². The van der Waals surface area contributed by atoms with Crippen molar-refractivity contribution in [2.24, 2.45) is 0 Å². The van der Waals surface area contributed by atoms with Gasteiger partial charge in [0.15, 0.2) is 0 Å². The van der Waals surface area contributed by atoms with E-state index in [4.69, 9.17) is 0 Å². The number of hydrogen-bond donors (Lipinski definition) is 0. The molecule has 0 spiro atoms. The van der Waals surface area contributed by atoms with E-state index in [2.05, 4.69) is 349 Å². The van der Waals surface area contributed by atoms with Crippen molar-refractivity contribution in [2.75, 3.05) is 26.7 Å². The molecular weight excluding hydrogens is 1480 g/mol. The van der Waals surface area contributed by atoms with Crippen molar-refractivity contribution in [3.63, 3.8) is 0 Å². The molecule has 19 heteroatoms. The average Bonchev–Trinajstić information content (AvgIpc) is 3.07. The molecule has 0 saturated carbocycles. The summed E-state index contributed by atoms with van der Waals surface area (Å²) in [6.45, 7) is 124. The molecule has 0 saturated heterocycles. The smallest absolute Gasteiger partial charge is 1.00 e. The molecule has 0 aliphatic heterocycles. The third kappa shape index (κ3) is 19.9. The number of rotatable bonds is 22. The topological polar surface area (TPSA) is 0 Å². The largest absolute Gasteiger partial charge is 2.00 e. The van der Waals surface area contributed by atoms with Gasteiger partial charge >= 0.3 is 21.1 Å². The number of benzene rings is 2. The summed E-state index contributed by atoms with van der Waals surface area (Å²) >= 11 is 7.33. The molecule has 0 nitrogen and oxygen atoms in total. The second-order valence-electron chi connectivity index (χ2n) is 41.5. The zero-order valence-corrected chi connectivity index (χ0v) is 84.3. The fourth-order valence-electron chi connectivity index (χ4n) is 22.0. The minimum atomic E-state index is -1.62. The molecule has 0 N–H and O–H groups in total. The van der Waals surface area contributed by atoms with Crippen LogP contribution in [0.15, 0.2) is 24.3 Å². The Morgan fingerprint density at radius 3 is 0.434 bits per heavy atom. The molecule has 0 amide bonds. The summed E-state index contributed by atoms with van der Waals surface area (Å²) in [5.41, 5.74) is 11.1. The van der Waals surface area contributed by atoms with Crippen molar-refractivity contribution in [2.45, 2.75) is 304 Å². The SMILES string of the molecule is CP(C)c1c(C([Si](C)(C)C)[Si](C)(C)C)cc(C([Si](C)(C)C)([Si](C)(C)C)[Si](C)(C)C)cc1C([Si](C)(C)C)[Si](C)(C)C.CP(C)c1c(C([Si](C)(C)C)[Si](C)(C)C)cc(C([Si](C)(C)C)([Si](C)(C)C)[Si](C)(C)C)cc1C([Si](C)(C)C)[Si](C)(C)C.[Pt+2].[S-][S-]. The zero-order chi connectivity index (χ0) is 66.9. The first-order chi connectivity index (χ1) is 35.3. The van der Waals surface area contributed by atoms with Crippen LogP contribution in [0.25, 0.3) is 0 Å². The Morgan fingerprint density at radius 1 is 0.253 bits per heavy atom. The summed E-state index contributed by atoms with van der Waals surface area (Å²) in [5, 5.41) is 6.91. The third-order valence-corrected chi connectivity index (χ3v) is 101. The minimum absolute atomic E-state index is 0. The van der Waals surface area contributed by atoms with E-state index in [0.29, 0.717) is 8.57 Å². The van der Waals surface area contributed by atoms with Crippen molar-refractivity contribution in [3.05, 3.63) is 57.6 Å². The molecule has 2 rings (SSSR count). The predicted molar refractivity (Wildman–Crippen MR) is 446 cm³/mol.